The first-order chi connectivity index (χ1) is 19.3. The van der Waals surface area contributed by atoms with Crippen molar-refractivity contribution >= 4 is 52.3 Å². The van der Waals surface area contributed by atoms with Gasteiger partial charge in [-0.15, -0.1) is 6.42 Å². The van der Waals surface area contributed by atoms with Crippen LogP contribution in [-0.2, 0) is 17.8 Å². The quantitative estimate of drug-likeness (QED) is 0.412. The van der Waals surface area contributed by atoms with E-state index < -0.39 is 5.82 Å². The number of carbonyl (C=O) groups is 1. The number of nitrogens with one attached hydrogen (secondary N) is 2. The standard InChI is InChI=1S/C18H17FN4O2S.C9H16ClN5/c1-4-5-22-13-7-12(11(19)6-14(13)25-9-16(22)24)20-17-23-10-18(2,3)8-15(23)21-26-17;1-5-11-7-12-6(10)13-8(14-7)15-9(2,3)4/h1,6-7H,5,8-10H2,2-3H3;5H2,1-4H3,(H2,11,12,13,14,15). The van der Waals surface area contributed by atoms with Crippen LogP contribution in [0.15, 0.2) is 17.1 Å². The smallest absolute Gasteiger partial charge is 0.265 e. The Morgan fingerprint density at radius 1 is 1.27 bits per heavy atom. The number of benzene rings is 1. The van der Waals surface area contributed by atoms with Gasteiger partial charge in [0.1, 0.15) is 17.3 Å². The van der Waals surface area contributed by atoms with Gasteiger partial charge >= 0.3 is 0 Å². The minimum absolute atomic E-state index is 0.0964. The maximum atomic E-state index is 14.5. The molecule has 0 bridgehead atoms. The summed E-state index contributed by atoms with van der Waals surface area (Å²) in [6.45, 7) is 13.8. The molecule has 41 heavy (non-hydrogen) atoms. The monoisotopic (exact) mass is 601 g/mol. The van der Waals surface area contributed by atoms with Gasteiger partial charge in [-0.2, -0.15) is 19.3 Å². The van der Waals surface area contributed by atoms with Crippen molar-refractivity contribution in [2.24, 2.45) is 10.4 Å². The van der Waals surface area contributed by atoms with E-state index in [0.717, 1.165) is 25.3 Å². The molecule has 0 saturated carbocycles. The molecule has 1 amide bonds. The number of nitrogens with zero attached hydrogens (tertiary/aromatic N) is 7. The molecule has 0 spiro atoms. The van der Waals surface area contributed by atoms with E-state index in [1.54, 1.807) is 0 Å². The summed E-state index contributed by atoms with van der Waals surface area (Å²) in [6.07, 6.45) is 6.22. The van der Waals surface area contributed by atoms with Gasteiger partial charge in [0.05, 0.1) is 12.2 Å². The highest BCUT2D eigenvalue weighted by molar-refractivity contribution is 7.02. The van der Waals surface area contributed by atoms with Crippen molar-refractivity contribution in [1.82, 2.24) is 23.9 Å². The summed E-state index contributed by atoms with van der Waals surface area (Å²) < 4.78 is 26.3. The molecule has 14 heteroatoms. The molecule has 0 saturated heterocycles. The number of rotatable bonds is 5. The highest BCUT2D eigenvalue weighted by Crippen LogP contribution is 2.37. The van der Waals surface area contributed by atoms with E-state index >= 15 is 0 Å². The van der Waals surface area contributed by atoms with Crippen LogP contribution in [-0.4, -0.2) is 55.0 Å². The van der Waals surface area contributed by atoms with Gasteiger partial charge < -0.3 is 19.9 Å². The van der Waals surface area contributed by atoms with E-state index in [-0.39, 0.29) is 41.0 Å². The van der Waals surface area contributed by atoms with Crippen LogP contribution in [0.4, 0.5) is 27.7 Å². The van der Waals surface area contributed by atoms with Gasteiger partial charge in [0.2, 0.25) is 22.0 Å². The number of fused-ring (bicyclic) bond motifs is 2. The summed E-state index contributed by atoms with van der Waals surface area (Å²) in [7, 11) is 0. The molecule has 0 atom stereocenters. The molecule has 3 aromatic rings. The Hall–Kier alpha value is -3.76. The van der Waals surface area contributed by atoms with E-state index in [2.05, 4.69) is 54.7 Å². The fourth-order valence-corrected chi connectivity index (χ4v) is 5.14. The number of hydrogen-bond acceptors (Lipinski definition) is 10. The van der Waals surface area contributed by atoms with Crippen molar-refractivity contribution in [2.45, 2.75) is 60.0 Å². The minimum Gasteiger partial charge on any atom is -0.481 e. The average molecular weight is 602 g/mol. The van der Waals surface area contributed by atoms with Gasteiger partial charge in [-0.25, -0.2) is 9.38 Å². The lowest BCUT2D eigenvalue weighted by molar-refractivity contribution is -0.121. The number of amides is 1. The molecule has 1 aromatic carbocycles. The number of halogens is 2. The van der Waals surface area contributed by atoms with Gasteiger partial charge in [-0.1, -0.05) is 19.8 Å². The third-order valence-corrected chi connectivity index (χ3v) is 6.81. The third-order valence-electron chi connectivity index (χ3n) is 5.86. The van der Waals surface area contributed by atoms with Crippen LogP contribution in [0.1, 0.15) is 47.4 Å². The Balaban J connectivity index is 0.000000221. The zero-order valence-electron chi connectivity index (χ0n) is 23.9. The molecule has 2 aliphatic rings. The fourth-order valence-electron chi connectivity index (χ4n) is 4.22. The van der Waals surface area contributed by atoms with Gasteiger partial charge in [0.25, 0.3) is 5.91 Å². The van der Waals surface area contributed by atoms with Crippen molar-refractivity contribution in [1.29, 1.82) is 0 Å². The molecule has 0 radical (unpaired) electrons. The third kappa shape index (κ3) is 7.51. The second kappa shape index (κ2) is 12.0. The van der Waals surface area contributed by atoms with Crippen LogP contribution in [0, 0.1) is 23.6 Å². The molecule has 2 aromatic heterocycles. The summed E-state index contributed by atoms with van der Waals surface area (Å²) in [5.41, 5.74) is 0.575. The summed E-state index contributed by atoms with van der Waals surface area (Å²) in [5.74, 6) is 3.90. The van der Waals surface area contributed by atoms with Gasteiger partial charge in [-0.05, 0) is 50.8 Å². The largest absolute Gasteiger partial charge is 0.481 e. The van der Waals surface area contributed by atoms with E-state index in [1.165, 1.54) is 28.6 Å². The zero-order chi connectivity index (χ0) is 29.9. The highest BCUT2D eigenvalue weighted by atomic mass is 35.5. The van der Waals surface area contributed by atoms with Gasteiger partial charge in [0.15, 0.2) is 12.4 Å². The lowest BCUT2D eigenvalue weighted by atomic mass is 9.92. The Labute approximate surface area is 247 Å². The van der Waals surface area contributed by atoms with Crippen LogP contribution in [0.5, 0.6) is 5.75 Å². The van der Waals surface area contributed by atoms with Crippen LogP contribution < -0.4 is 25.1 Å². The molecule has 4 heterocycles. The summed E-state index contributed by atoms with van der Waals surface area (Å²) in [6, 6.07) is 2.76. The molecule has 2 N–H and O–H groups in total. The summed E-state index contributed by atoms with van der Waals surface area (Å²) in [4.78, 5) is 30.7. The first kappa shape index (κ1) is 30.2. The highest BCUT2D eigenvalue weighted by Gasteiger charge is 2.31. The molecule has 0 unspecified atom stereocenters. The molecule has 5 rings (SSSR count). The Morgan fingerprint density at radius 3 is 2.68 bits per heavy atom. The summed E-state index contributed by atoms with van der Waals surface area (Å²) >= 11 is 7.01. The van der Waals surface area contributed by atoms with E-state index in [9.17, 15) is 9.18 Å². The lowest BCUT2D eigenvalue weighted by Gasteiger charge is -2.28. The fraction of sp³-hybridized carbons (Fsp3) is 0.481. The van der Waals surface area contributed by atoms with Gasteiger partial charge in [0, 0.05) is 42.6 Å². The van der Waals surface area contributed by atoms with Crippen LogP contribution >= 0.6 is 23.1 Å². The van der Waals surface area contributed by atoms with Crippen molar-refractivity contribution in [3.63, 3.8) is 0 Å². The van der Waals surface area contributed by atoms with Crippen molar-refractivity contribution in [3.8, 4) is 18.1 Å². The number of hydrogen-bond donors (Lipinski definition) is 2. The normalized spacial score (nSPS) is 15.7. The van der Waals surface area contributed by atoms with Crippen molar-refractivity contribution in [3.05, 3.63) is 33.9 Å². The van der Waals surface area contributed by atoms with Gasteiger partial charge in [-0.3, -0.25) is 9.69 Å². The molecule has 11 nitrogen and oxygen atoms in total. The maximum Gasteiger partial charge on any atom is 0.265 e. The molecular formula is C27H33ClFN9O2S. The Morgan fingerprint density at radius 2 is 2.00 bits per heavy atom. The number of terminal acetylenes is 1. The number of ether oxygens (including phenoxy) is 1. The van der Waals surface area contributed by atoms with Crippen LogP contribution in [0.2, 0.25) is 5.28 Å². The van der Waals surface area contributed by atoms with Crippen molar-refractivity contribution in [2.75, 3.05) is 35.2 Å². The molecule has 0 aliphatic carbocycles. The Bertz CT molecular complexity index is 1560. The maximum absolute atomic E-state index is 14.5. The average Bonchev–Trinajstić information content (AvgIpc) is 3.36. The van der Waals surface area contributed by atoms with E-state index in [4.69, 9.17) is 22.8 Å². The first-order valence-corrected chi connectivity index (χ1v) is 14.2. The van der Waals surface area contributed by atoms with Crippen molar-refractivity contribution < 1.29 is 13.9 Å². The number of anilines is 3. The van der Waals surface area contributed by atoms with E-state index in [0.29, 0.717) is 28.1 Å². The predicted molar refractivity (Wildman–Crippen MR) is 158 cm³/mol. The zero-order valence-corrected chi connectivity index (χ0v) is 25.5. The molecule has 218 valence electrons. The molecular weight excluding hydrogens is 569 g/mol. The second-order valence-electron chi connectivity index (χ2n) is 11.3. The molecule has 2 aliphatic heterocycles. The predicted octanol–water partition coefficient (Wildman–Crippen LogP) is 4.42. The number of carbonyl (C=O) groups excluding carboxylic acids is 1. The summed E-state index contributed by atoms with van der Waals surface area (Å²) in [5, 5.41) is 6.31. The van der Waals surface area contributed by atoms with Crippen LogP contribution in [0.25, 0.3) is 0 Å². The topological polar surface area (TPSA) is 122 Å². The first-order valence-electron chi connectivity index (χ1n) is 13.0. The van der Waals surface area contributed by atoms with E-state index in [1.807, 2.05) is 32.3 Å². The molecule has 0 fully saturated rings. The van der Waals surface area contributed by atoms with Crippen LogP contribution in [0.3, 0.4) is 0 Å². The number of aromatic nitrogens is 5. The Kier molecular flexibility index (Phi) is 8.84. The minimum atomic E-state index is -0.515. The second-order valence-corrected chi connectivity index (χ2v) is 12.4. The lowest BCUT2D eigenvalue weighted by Crippen LogP contribution is -2.39. The SMILES string of the molecule is C#CCN1C(=O)COc2cc(F)c(N=c3snc4n3CC(C)(C)C4)cc21.CCNc1nc(Cl)nc(NC(C)(C)C)n1.